The van der Waals surface area contributed by atoms with E-state index in [-0.39, 0.29) is 69.7 Å². The predicted octanol–water partition coefficient (Wildman–Crippen LogP) is 5.33. The zero-order valence-electron chi connectivity index (χ0n) is 25.0. The molecular formula is C32H48O7. The van der Waals surface area contributed by atoms with Gasteiger partial charge in [0.25, 0.3) is 0 Å². The van der Waals surface area contributed by atoms with Crippen LogP contribution in [0.4, 0.5) is 0 Å². The number of rotatable bonds is 3. The number of fused-ring (bicyclic) bond motifs is 5. The van der Waals surface area contributed by atoms with Crippen LogP contribution in [0.3, 0.4) is 0 Å². The van der Waals surface area contributed by atoms with Crippen LogP contribution >= 0.6 is 0 Å². The zero-order valence-corrected chi connectivity index (χ0v) is 25.0. The number of aliphatic hydroxyl groups is 1. The Labute approximate surface area is 233 Å². The molecule has 2 saturated carbocycles. The highest BCUT2D eigenvalue weighted by atomic mass is 16.7. The van der Waals surface area contributed by atoms with Crippen LogP contribution in [-0.4, -0.2) is 52.8 Å². The summed E-state index contributed by atoms with van der Waals surface area (Å²) < 4.78 is 24.1. The molecule has 0 aromatic carbocycles. The van der Waals surface area contributed by atoms with Crippen LogP contribution in [0, 0.1) is 39.9 Å². The second-order valence-electron chi connectivity index (χ2n) is 15.3. The van der Waals surface area contributed by atoms with Gasteiger partial charge in [0.2, 0.25) is 6.29 Å². The van der Waals surface area contributed by atoms with Gasteiger partial charge in [-0.1, -0.05) is 32.4 Å². The number of cyclic esters (lactones) is 1. The Morgan fingerprint density at radius 3 is 2.36 bits per heavy atom. The molecule has 0 spiro atoms. The van der Waals surface area contributed by atoms with Gasteiger partial charge in [0.05, 0.1) is 17.8 Å². The highest BCUT2D eigenvalue weighted by Gasteiger charge is 2.69. The number of esters is 2. The minimum absolute atomic E-state index is 0.0241. The van der Waals surface area contributed by atoms with E-state index in [1.807, 2.05) is 13.8 Å². The van der Waals surface area contributed by atoms with Crippen molar-refractivity contribution < 1.29 is 33.6 Å². The fraction of sp³-hybridized carbons (Fsp3) is 0.875. The summed E-state index contributed by atoms with van der Waals surface area (Å²) in [5, 5.41) is 12.0. The van der Waals surface area contributed by atoms with Crippen molar-refractivity contribution in [2.75, 3.05) is 0 Å². The topological polar surface area (TPSA) is 94.6 Å². The number of allylic oxidation sites excluding steroid dienone is 1. The summed E-state index contributed by atoms with van der Waals surface area (Å²) in [6, 6.07) is 0. The number of epoxide rings is 1. The lowest BCUT2D eigenvalue weighted by atomic mass is 9.40. The second-order valence-corrected chi connectivity index (χ2v) is 15.3. The molecule has 0 unspecified atom stereocenters. The number of hydrogen-bond acceptors (Lipinski definition) is 7. The van der Waals surface area contributed by atoms with Crippen molar-refractivity contribution in [2.45, 2.75) is 136 Å². The van der Waals surface area contributed by atoms with Crippen LogP contribution in [-0.2, 0) is 28.5 Å². The molecule has 0 radical (unpaired) electrons. The SMILES string of the molecule is CC(=O)O[C@H]1O[C@@H]([C@@H]2OC2(C)C)C[C@H]1[C@@H]1CC=C2[C@]3(C)[C@H](O)C[C@H]4C(C)(C)OC(=O)CC[C@]4(C)[C@H]3CC[C@]21C. The Balaban J connectivity index is 1.32. The lowest BCUT2D eigenvalue weighted by molar-refractivity contribution is -0.198. The van der Waals surface area contributed by atoms with Gasteiger partial charge in [0.1, 0.15) is 11.7 Å². The van der Waals surface area contributed by atoms with Gasteiger partial charge in [0, 0.05) is 30.6 Å². The third-order valence-corrected chi connectivity index (χ3v) is 12.5. The number of carbonyl (C=O) groups excluding carboxylic acids is 2. The molecule has 7 nitrogen and oxygen atoms in total. The number of hydrogen-bond donors (Lipinski definition) is 1. The molecule has 0 bridgehead atoms. The normalized spacial score (nSPS) is 51.5. The molecule has 3 aliphatic heterocycles. The molecule has 3 saturated heterocycles. The molecule has 3 aliphatic carbocycles. The number of aliphatic hydroxyl groups excluding tert-OH is 1. The third kappa shape index (κ3) is 3.92. The summed E-state index contributed by atoms with van der Waals surface area (Å²) in [6.45, 7) is 16.7. The van der Waals surface area contributed by atoms with Crippen molar-refractivity contribution in [3.8, 4) is 0 Å². The van der Waals surface area contributed by atoms with E-state index < -0.39 is 18.0 Å². The minimum Gasteiger partial charge on any atom is -0.459 e. The van der Waals surface area contributed by atoms with E-state index in [9.17, 15) is 14.7 Å². The summed E-state index contributed by atoms with van der Waals surface area (Å²) in [4.78, 5) is 24.7. The Morgan fingerprint density at radius 2 is 1.72 bits per heavy atom. The molecule has 1 N–H and O–H groups in total. The Kier molecular flexibility index (Phi) is 6.07. The van der Waals surface area contributed by atoms with E-state index in [2.05, 4.69) is 40.7 Å². The fourth-order valence-electron chi connectivity index (χ4n) is 10.6. The van der Waals surface area contributed by atoms with E-state index in [0.29, 0.717) is 12.8 Å². The maximum Gasteiger partial charge on any atom is 0.306 e. The van der Waals surface area contributed by atoms with Gasteiger partial charge in [-0.15, -0.1) is 0 Å². The Morgan fingerprint density at radius 1 is 1.03 bits per heavy atom. The first kappa shape index (κ1) is 27.7. The van der Waals surface area contributed by atoms with Gasteiger partial charge in [-0.2, -0.15) is 0 Å². The van der Waals surface area contributed by atoms with Crippen molar-refractivity contribution in [3.63, 3.8) is 0 Å². The Hall–Kier alpha value is -1.44. The highest BCUT2D eigenvalue weighted by molar-refractivity contribution is 5.70. The molecular weight excluding hydrogens is 496 g/mol. The summed E-state index contributed by atoms with van der Waals surface area (Å²) in [7, 11) is 0. The molecule has 39 heavy (non-hydrogen) atoms. The largest absolute Gasteiger partial charge is 0.459 e. The zero-order chi connectivity index (χ0) is 28.3. The van der Waals surface area contributed by atoms with Crippen LogP contribution in [0.25, 0.3) is 0 Å². The minimum atomic E-state index is -0.607. The van der Waals surface area contributed by atoms with Crippen molar-refractivity contribution in [2.24, 2.45) is 39.9 Å². The van der Waals surface area contributed by atoms with Gasteiger partial charge in [0.15, 0.2) is 0 Å². The smallest absolute Gasteiger partial charge is 0.306 e. The standard InChI is InChI=1S/C32H48O7/c1-17(33)36-27-18(15-20(37-27)26-29(4,5)39-26)19-9-10-21-30(19,6)13-11-22-31(7)14-12-25(35)38-28(2,3)23(31)16-24(34)32(21,22)8/h10,18-20,22-24,26-27,34H,9,11-16H2,1-8H3/t18-,19-,20+,22+,23-,24+,26-,27-,30-,31+,32-/m0/s1. The van der Waals surface area contributed by atoms with Crippen molar-refractivity contribution >= 4 is 11.9 Å². The predicted molar refractivity (Wildman–Crippen MR) is 144 cm³/mol. The number of carbonyl (C=O) groups is 2. The Bertz CT molecular complexity index is 1090. The lowest BCUT2D eigenvalue weighted by Crippen LogP contribution is -2.63. The summed E-state index contributed by atoms with van der Waals surface area (Å²) in [6.07, 6.45) is 6.81. The molecule has 6 rings (SSSR count). The molecule has 0 aromatic heterocycles. The van der Waals surface area contributed by atoms with E-state index >= 15 is 0 Å². The quantitative estimate of drug-likeness (QED) is 0.292. The van der Waals surface area contributed by atoms with E-state index in [4.69, 9.17) is 18.9 Å². The summed E-state index contributed by atoms with van der Waals surface area (Å²) in [5.41, 5.74) is -0.0577. The average molecular weight is 545 g/mol. The first-order chi connectivity index (χ1) is 18.0. The van der Waals surface area contributed by atoms with Crippen LogP contribution < -0.4 is 0 Å². The van der Waals surface area contributed by atoms with E-state index in [0.717, 1.165) is 32.1 Å². The molecule has 5 fully saturated rings. The molecule has 3 heterocycles. The average Bonchev–Trinajstić information content (AvgIpc) is 3.13. The summed E-state index contributed by atoms with van der Waals surface area (Å²) in [5.74, 6) is 0.249. The van der Waals surface area contributed by atoms with Gasteiger partial charge in [-0.25, -0.2) is 0 Å². The third-order valence-electron chi connectivity index (χ3n) is 12.5. The van der Waals surface area contributed by atoms with Crippen molar-refractivity contribution in [1.82, 2.24) is 0 Å². The van der Waals surface area contributed by atoms with E-state index in [1.54, 1.807) is 0 Å². The monoisotopic (exact) mass is 544 g/mol. The van der Waals surface area contributed by atoms with Crippen LogP contribution in [0.2, 0.25) is 0 Å². The molecule has 7 heteroatoms. The van der Waals surface area contributed by atoms with E-state index in [1.165, 1.54) is 12.5 Å². The van der Waals surface area contributed by atoms with Gasteiger partial charge in [-0.3, -0.25) is 9.59 Å². The van der Waals surface area contributed by atoms with Gasteiger partial charge < -0.3 is 24.1 Å². The van der Waals surface area contributed by atoms with Crippen LogP contribution in [0.5, 0.6) is 0 Å². The summed E-state index contributed by atoms with van der Waals surface area (Å²) >= 11 is 0. The maximum atomic E-state index is 12.6. The van der Waals surface area contributed by atoms with Crippen molar-refractivity contribution in [1.29, 1.82) is 0 Å². The maximum absolute atomic E-state index is 12.6. The molecule has 11 atom stereocenters. The molecule has 6 aliphatic rings. The lowest BCUT2D eigenvalue weighted by Gasteiger charge is -2.65. The van der Waals surface area contributed by atoms with Gasteiger partial charge >= 0.3 is 11.9 Å². The molecule has 218 valence electrons. The second kappa shape index (κ2) is 8.54. The highest BCUT2D eigenvalue weighted by Crippen LogP contribution is 2.72. The van der Waals surface area contributed by atoms with Crippen LogP contribution in [0.15, 0.2) is 11.6 Å². The number of ether oxygens (including phenoxy) is 4. The molecule has 0 aromatic rings. The van der Waals surface area contributed by atoms with Crippen molar-refractivity contribution in [3.05, 3.63) is 11.6 Å². The first-order valence-electron chi connectivity index (χ1n) is 15.2. The van der Waals surface area contributed by atoms with Crippen LogP contribution in [0.1, 0.15) is 100 Å². The fourth-order valence-corrected chi connectivity index (χ4v) is 10.6. The van der Waals surface area contributed by atoms with Gasteiger partial charge in [-0.05, 0) is 88.9 Å². The first-order valence-corrected chi connectivity index (χ1v) is 15.2. The molecule has 0 amide bonds.